The Bertz CT molecular complexity index is 762. The molecule has 1 N–H and O–H groups in total. The second-order valence-electron chi connectivity index (χ2n) is 6.86. The fourth-order valence-electron chi connectivity index (χ4n) is 3.22. The van der Waals surface area contributed by atoms with Crippen LogP contribution in [-0.2, 0) is 11.3 Å². The minimum Gasteiger partial charge on any atom is -0.361 e. The van der Waals surface area contributed by atoms with Crippen LogP contribution in [0, 0.1) is 20.8 Å². The van der Waals surface area contributed by atoms with Crippen LogP contribution < -0.4 is 5.32 Å². The summed E-state index contributed by atoms with van der Waals surface area (Å²) in [6, 6.07) is 5.49. The normalized spacial score (nSPS) is 16.0. The summed E-state index contributed by atoms with van der Waals surface area (Å²) in [4.78, 5) is 16.9. The lowest BCUT2D eigenvalue weighted by Crippen LogP contribution is -2.48. The van der Waals surface area contributed by atoms with E-state index in [1.165, 1.54) is 5.56 Å². The van der Waals surface area contributed by atoms with Crippen molar-refractivity contribution in [2.75, 3.05) is 38.0 Å². The van der Waals surface area contributed by atoms with E-state index in [2.05, 4.69) is 20.3 Å². The number of halogens is 1. The SMILES string of the molecule is Cc1cc(Cl)ccc1NC(=O)CN1CCN(Cc2c(C)noc2C)CC1. The van der Waals surface area contributed by atoms with Crippen LogP contribution >= 0.6 is 11.6 Å². The van der Waals surface area contributed by atoms with E-state index in [1.54, 1.807) is 6.07 Å². The van der Waals surface area contributed by atoms with E-state index in [1.807, 2.05) is 32.9 Å². The van der Waals surface area contributed by atoms with Crippen LogP contribution in [0.4, 0.5) is 5.69 Å². The van der Waals surface area contributed by atoms with Gasteiger partial charge in [0.2, 0.25) is 5.91 Å². The molecule has 0 aliphatic carbocycles. The molecule has 2 aromatic rings. The third-order valence-corrected chi connectivity index (χ3v) is 5.09. The fourth-order valence-corrected chi connectivity index (χ4v) is 3.44. The van der Waals surface area contributed by atoms with E-state index in [0.717, 1.165) is 55.4 Å². The molecular weight excluding hydrogens is 352 g/mol. The zero-order valence-corrected chi connectivity index (χ0v) is 16.3. The number of amides is 1. The molecule has 1 aliphatic rings. The molecule has 140 valence electrons. The van der Waals surface area contributed by atoms with E-state index < -0.39 is 0 Å². The minimum atomic E-state index is 0.00889. The molecule has 3 rings (SSSR count). The van der Waals surface area contributed by atoms with Crippen LogP contribution in [0.1, 0.15) is 22.6 Å². The summed E-state index contributed by atoms with van der Waals surface area (Å²) in [6.07, 6.45) is 0. The Morgan fingerprint density at radius 3 is 2.50 bits per heavy atom. The van der Waals surface area contributed by atoms with E-state index in [4.69, 9.17) is 16.1 Å². The van der Waals surface area contributed by atoms with Gasteiger partial charge in [-0.05, 0) is 44.5 Å². The largest absolute Gasteiger partial charge is 0.361 e. The average Bonchev–Trinajstić information content (AvgIpc) is 2.91. The first-order valence-corrected chi connectivity index (χ1v) is 9.22. The van der Waals surface area contributed by atoms with E-state index in [9.17, 15) is 4.79 Å². The van der Waals surface area contributed by atoms with Crippen molar-refractivity contribution in [2.45, 2.75) is 27.3 Å². The minimum absolute atomic E-state index is 0.00889. The third-order valence-electron chi connectivity index (χ3n) is 4.86. The number of aryl methyl sites for hydroxylation is 3. The van der Waals surface area contributed by atoms with E-state index in [-0.39, 0.29) is 5.91 Å². The lowest BCUT2D eigenvalue weighted by atomic mass is 10.1. The highest BCUT2D eigenvalue weighted by atomic mass is 35.5. The summed E-state index contributed by atoms with van der Waals surface area (Å²) >= 11 is 5.96. The number of nitrogens with one attached hydrogen (secondary N) is 1. The summed E-state index contributed by atoms with van der Waals surface area (Å²) in [6.45, 7) is 10.7. The van der Waals surface area contributed by atoms with Crippen molar-refractivity contribution in [3.63, 3.8) is 0 Å². The molecule has 0 bridgehead atoms. The van der Waals surface area contributed by atoms with Crippen molar-refractivity contribution in [3.8, 4) is 0 Å². The summed E-state index contributed by atoms with van der Waals surface area (Å²) < 4.78 is 5.24. The maximum Gasteiger partial charge on any atom is 0.238 e. The Kier molecular flexibility index (Phi) is 5.96. The maximum absolute atomic E-state index is 12.3. The molecule has 1 saturated heterocycles. The predicted molar refractivity (Wildman–Crippen MR) is 103 cm³/mol. The molecule has 1 aliphatic heterocycles. The van der Waals surface area contributed by atoms with Crippen LogP contribution in [0.25, 0.3) is 0 Å². The number of carbonyl (C=O) groups is 1. The number of aromatic nitrogens is 1. The Balaban J connectivity index is 1.47. The number of rotatable bonds is 5. The number of anilines is 1. The van der Waals surface area contributed by atoms with Gasteiger partial charge in [0.05, 0.1) is 12.2 Å². The molecular formula is C19H25ClN4O2. The van der Waals surface area contributed by atoms with Crippen molar-refractivity contribution in [1.82, 2.24) is 15.0 Å². The van der Waals surface area contributed by atoms with Crippen molar-refractivity contribution in [3.05, 3.63) is 45.8 Å². The van der Waals surface area contributed by atoms with Gasteiger partial charge in [-0.15, -0.1) is 0 Å². The first kappa shape index (κ1) is 18.9. The molecule has 6 nitrogen and oxygen atoms in total. The third kappa shape index (κ3) is 4.63. The number of piperazine rings is 1. The van der Waals surface area contributed by atoms with Gasteiger partial charge in [0.1, 0.15) is 5.76 Å². The van der Waals surface area contributed by atoms with Crippen molar-refractivity contribution < 1.29 is 9.32 Å². The number of benzene rings is 1. The molecule has 1 aromatic carbocycles. The molecule has 1 aromatic heterocycles. The van der Waals surface area contributed by atoms with Gasteiger partial charge in [0.15, 0.2) is 0 Å². The zero-order chi connectivity index (χ0) is 18.7. The second kappa shape index (κ2) is 8.20. The number of carbonyl (C=O) groups excluding carboxylic acids is 1. The lowest BCUT2D eigenvalue weighted by molar-refractivity contribution is -0.117. The zero-order valence-electron chi connectivity index (χ0n) is 15.5. The lowest BCUT2D eigenvalue weighted by Gasteiger charge is -2.34. The number of nitrogens with zero attached hydrogens (tertiary/aromatic N) is 3. The first-order valence-electron chi connectivity index (χ1n) is 8.85. The Labute approximate surface area is 159 Å². The van der Waals surface area contributed by atoms with E-state index in [0.29, 0.717) is 11.6 Å². The van der Waals surface area contributed by atoms with Gasteiger partial charge in [-0.3, -0.25) is 14.6 Å². The van der Waals surface area contributed by atoms with Gasteiger partial charge >= 0.3 is 0 Å². The maximum atomic E-state index is 12.3. The number of hydrogen-bond donors (Lipinski definition) is 1. The fraction of sp³-hybridized carbons (Fsp3) is 0.474. The molecule has 26 heavy (non-hydrogen) atoms. The molecule has 7 heteroatoms. The topological polar surface area (TPSA) is 61.6 Å². The predicted octanol–water partition coefficient (Wildman–Crippen LogP) is 3.01. The summed E-state index contributed by atoms with van der Waals surface area (Å²) in [5.41, 5.74) is 3.92. The molecule has 1 amide bonds. The second-order valence-corrected chi connectivity index (χ2v) is 7.30. The van der Waals surface area contributed by atoms with E-state index >= 15 is 0 Å². The highest BCUT2D eigenvalue weighted by molar-refractivity contribution is 6.30. The molecule has 0 saturated carbocycles. The van der Waals surface area contributed by atoms with Crippen molar-refractivity contribution in [1.29, 1.82) is 0 Å². The van der Waals surface area contributed by atoms with Crippen LogP contribution in [-0.4, -0.2) is 53.6 Å². The summed E-state index contributed by atoms with van der Waals surface area (Å²) in [5.74, 6) is 0.900. The average molecular weight is 377 g/mol. The Morgan fingerprint density at radius 1 is 1.19 bits per heavy atom. The van der Waals surface area contributed by atoms with Crippen LogP contribution in [0.5, 0.6) is 0 Å². The molecule has 0 unspecified atom stereocenters. The van der Waals surface area contributed by atoms with Crippen LogP contribution in [0.3, 0.4) is 0 Å². The summed E-state index contributed by atoms with van der Waals surface area (Å²) in [7, 11) is 0. The highest BCUT2D eigenvalue weighted by Crippen LogP contribution is 2.20. The highest BCUT2D eigenvalue weighted by Gasteiger charge is 2.21. The Morgan fingerprint density at radius 2 is 1.88 bits per heavy atom. The smallest absolute Gasteiger partial charge is 0.238 e. The molecule has 0 radical (unpaired) electrons. The standard InChI is InChI=1S/C19H25ClN4O2/c1-13-10-16(20)4-5-18(13)21-19(25)12-24-8-6-23(7-9-24)11-17-14(2)22-26-15(17)3/h4-5,10H,6-9,11-12H2,1-3H3,(H,21,25). The quantitative estimate of drug-likeness (QED) is 0.869. The Hall–Kier alpha value is -1.89. The monoisotopic (exact) mass is 376 g/mol. The molecule has 0 spiro atoms. The molecule has 1 fully saturated rings. The van der Waals surface area contributed by atoms with Gasteiger partial charge in [-0.2, -0.15) is 0 Å². The van der Waals surface area contributed by atoms with Gasteiger partial charge < -0.3 is 9.84 Å². The van der Waals surface area contributed by atoms with Crippen molar-refractivity contribution >= 4 is 23.2 Å². The number of hydrogen-bond acceptors (Lipinski definition) is 5. The van der Waals surface area contributed by atoms with Gasteiger partial charge in [0.25, 0.3) is 0 Å². The molecule has 0 atom stereocenters. The van der Waals surface area contributed by atoms with Crippen LogP contribution in [0.2, 0.25) is 5.02 Å². The summed E-state index contributed by atoms with van der Waals surface area (Å²) in [5, 5.41) is 7.66. The first-order chi connectivity index (χ1) is 12.4. The van der Waals surface area contributed by atoms with Crippen molar-refractivity contribution in [2.24, 2.45) is 0 Å². The van der Waals surface area contributed by atoms with Gasteiger partial charge in [-0.1, -0.05) is 16.8 Å². The van der Waals surface area contributed by atoms with Gasteiger partial charge in [0, 0.05) is 49.0 Å². The molecule has 2 heterocycles. The van der Waals surface area contributed by atoms with Crippen LogP contribution in [0.15, 0.2) is 22.7 Å². The van der Waals surface area contributed by atoms with Gasteiger partial charge in [-0.25, -0.2) is 0 Å².